The summed E-state index contributed by atoms with van der Waals surface area (Å²) in [5.41, 5.74) is -0.984. The van der Waals surface area contributed by atoms with Gasteiger partial charge in [0.05, 0.1) is 5.41 Å². The maximum absolute atomic E-state index is 12.1. The smallest absolute Gasteiger partial charge is 0.309 e. The van der Waals surface area contributed by atoms with Crippen molar-refractivity contribution in [2.24, 2.45) is 5.41 Å². The molecule has 1 amide bonds. The van der Waals surface area contributed by atoms with Crippen LogP contribution >= 0.6 is 0 Å². The van der Waals surface area contributed by atoms with Gasteiger partial charge >= 0.3 is 5.97 Å². The summed E-state index contributed by atoms with van der Waals surface area (Å²) in [6, 6.07) is 0.348. The number of carbonyl (C=O) groups excluding carboxylic acids is 1. The molecule has 0 bridgehead atoms. The standard InChI is InChI=1S/C13H24N2O3/c1-5-14-6-7-15(9-10(14)2)11(16)8-13(3,4)12(17)18/h10H,5-9H2,1-4H3,(H,17,18). The first kappa shape index (κ1) is 15.0. The van der Waals surface area contributed by atoms with E-state index in [9.17, 15) is 9.59 Å². The first-order chi connectivity index (χ1) is 8.27. The van der Waals surface area contributed by atoms with Gasteiger partial charge in [-0.2, -0.15) is 0 Å². The molecule has 1 saturated heterocycles. The number of carbonyl (C=O) groups is 2. The number of likely N-dealkylation sites (N-methyl/N-ethyl adjacent to an activating group) is 1. The molecule has 5 nitrogen and oxygen atoms in total. The highest BCUT2D eigenvalue weighted by atomic mass is 16.4. The molecule has 104 valence electrons. The molecule has 0 spiro atoms. The Hall–Kier alpha value is -1.10. The minimum atomic E-state index is -0.984. The molecule has 0 aromatic rings. The monoisotopic (exact) mass is 256 g/mol. The van der Waals surface area contributed by atoms with E-state index in [0.29, 0.717) is 19.1 Å². The van der Waals surface area contributed by atoms with E-state index in [1.165, 1.54) is 0 Å². The van der Waals surface area contributed by atoms with Gasteiger partial charge in [0.1, 0.15) is 0 Å². The summed E-state index contributed by atoms with van der Waals surface area (Å²) >= 11 is 0. The second-order valence-corrected chi connectivity index (χ2v) is 5.68. The third-order valence-corrected chi connectivity index (χ3v) is 3.70. The number of hydrogen-bond donors (Lipinski definition) is 1. The number of rotatable bonds is 4. The van der Waals surface area contributed by atoms with E-state index in [1.54, 1.807) is 18.7 Å². The lowest BCUT2D eigenvalue weighted by atomic mass is 9.89. The predicted octanol–water partition coefficient (Wildman–Crippen LogP) is 1.04. The molecular weight excluding hydrogens is 232 g/mol. The number of carboxylic acids is 1. The molecule has 0 aliphatic carbocycles. The summed E-state index contributed by atoms with van der Waals surface area (Å²) in [6.45, 7) is 10.7. The van der Waals surface area contributed by atoms with E-state index in [1.807, 2.05) is 0 Å². The predicted molar refractivity (Wildman–Crippen MR) is 69.3 cm³/mol. The van der Waals surface area contributed by atoms with Gasteiger partial charge in [-0.25, -0.2) is 0 Å². The van der Waals surface area contributed by atoms with E-state index in [4.69, 9.17) is 5.11 Å². The van der Waals surface area contributed by atoms with Crippen molar-refractivity contribution in [3.63, 3.8) is 0 Å². The third-order valence-electron chi connectivity index (χ3n) is 3.70. The fourth-order valence-electron chi connectivity index (χ4n) is 2.26. The van der Waals surface area contributed by atoms with Crippen LogP contribution in [0, 0.1) is 5.41 Å². The van der Waals surface area contributed by atoms with Crippen LogP contribution in [0.5, 0.6) is 0 Å². The second-order valence-electron chi connectivity index (χ2n) is 5.68. The van der Waals surface area contributed by atoms with Gasteiger partial charge in [-0.3, -0.25) is 14.5 Å². The maximum Gasteiger partial charge on any atom is 0.309 e. The van der Waals surface area contributed by atoms with Gasteiger partial charge < -0.3 is 10.0 Å². The Kier molecular flexibility index (Phi) is 4.73. The molecule has 18 heavy (non-hydrogen) atoms. The van der Waals surface area contributed by atoms with Crippen molar-refractivity contribution < 1.29 is 14.7 Å². The van der Waals surface area contributed by atoms with Gasteiger partial charge in [-0.15, -0.1) is 0 Å². The molecule has 1 atom stereocenters. The van der Waals surface area contributed by atoms with Crippen molar-refractivity contribution in [3.05, 3.63) is 0 Å². The molecule has 1 rings (SSSR count). The molecule has 0 aromatic carbocycles. The summed E-state index contributed by atoms with van der Waals surface area (Å²) in [5, 5.41) is 9.04. The Morgan fingerprint density at radius 3 is 2.39 bits per heavy atom. The number of piperazine rings is 1. The van der Waals surface area contributed by atoms with Crippen LogP contribution in [0.3, 0.4) is 0 Å². The molecule has 5 heteroatoms. The van der Waals surface area contributed by atoms with Crippen LogP contribution in [0.4, 0.5) is 0 Å². The van der Waals surface area contributed by atoms with Crippen molar-refractivity contribution in [1.82, 2.24) is 9.80 Å². The van der Waals surface area contributed by atoms with E-state index in [0.717, 1.165) is 13.1 Å². The van der Waals surface area contributed by atoms with Crippen LogP contribution in [-0.4, -0.2) is 59.0 Å². The molecule has 1 unspecified atom stereocenters. The summed E-state index contributed by atoms with van der Waals surface area (Å²) in [5.74, 6) is -0.971. The highest BCUT2D eigenvalue weighted by Crippen LogP contribution is 2.22. The average Bonchev–Trinajstić information content (AvgIpc) is 2.28. The Labute approximate surface area is 109 Å². The largest absolute Gasteiger partial charge is 0.481 e. The molecule has 0 saturated carbocycles. The maximum atomic E-state index is 12.1. The minimum absolute atomic E-state index is 0.0509. The lowest BCUT2D eigenvalue weighted by Gasteiger charge is -2.40. The molecule has 1 fully saturated rings. The molecule has 1 aliphatic heterocycles. The van der Waals surface area contributed by atoms with E-state index >= 15 is 0 Å². The molecule has 1 N–H and O–H groups in total. The summed E-state index contributed by atoms with van der Waals surface area (Å²) < 4.78 is 0. The molecular formula is C13H24N2O3. The Balaban J connectivity index is 2.57. The number of aliphatic carboxylic acids is 1. The average molecular weight is 256 g/mol. The highest BCUT2D eigenvalue weighted by Gasteiger charge is 2.34. The van der Waals surface area contributed by atoms with Crippen LogP contribution in [0.2, 0.25) is 0 Å². The quantitative estimate of drug-likeness (QED) is 0.816. The molecule has 0 aromatic heterocycles. The summed E-state index contributed by atoms with van der Waals surface area (Å²) in [7, 11) is 0. The summed E-state index contributed by atoms with van der Waals surface area (Å²) in [6.07, 6.45) is 0.0706. The fraction of sp³-hybridized carbons (Fsp3) is 0.846. The zero-order valence-electron chi connectivity index (χ0n) is 11.8. The second kappa shape index (κ2) is 5.69. The van der Waals surface area contributed by atoms with E-state index < -0.39 is 11.4 Å². The zero-order valence-corrected chi connectivity index (χ0v) is 11.8. The van der Waals surface area contributed by atoms with Crippen LogP contribution < -0.4 is 0 Å². The van der Waals surface area contributed by atoms with Gasteiger partial charge in [-0.1, -0.05) is 6.92 Å². The van der Waals surface area contributed by atoms with Crippen molar-refractivity contribution in [2.45, 2.75) is 40.2 Å². The summed E-state index contributed by atoms with van der Waals surface area (Å²) in [4.78, 5) is 27.2. The van der Waals surface area contributed by atoms with Gasteiger partial charge in [-0.05, 0) is 27.3 Å². The Morgan fingerprint density at radius 2 is 1.94 bits per heavy atom. The zero-order chi connectivity index (χ0) is 13.9. The van der Waals surface area contributed by atoms with Crippen molar-refractivity contribution >= 4 is 11.9 Å². The number of carboxylic acid groups (broad SMARTS) is 1. The van der Waals surface area contributed by atoms with Crippen molar-refractivity contribution in [2.75, 3.05) is 26.2 Å². The lowest BCUT2D eigenvalue weighted by Crippen LogP contribution is -2.54. The van der Waals surface area contributed by atoms with E-state index in [-0.39, 0.29) is 12.3 Å². The SMILES string of the molecule is CCN1CCN(C(=O)CC(C)(C)C(=O)O)CC1C. The Morgan fingerprint density at radius 1 is 1.33 bits per heavy atom. The van der Waals surface area contributed by atoms with Crippen LogP contribution in [-0.2, 0) is 9.59 Å². The first-order valence-corrected chi connectivity index (χ1v) is 6.53. The number of nitrogens with zero attached hydrogens (tertiary/aromatic N) is 2. The first-order valence-electron chi connectivity index (χ1n) is 6.53. The normalized spacial score (nSPS) is 22.0. The van der Waals surface area contributed by atoms with Gasteiger partial charge in [0, 0.05) is 32.1 Å². The van der Waals surface area contributed by atoms with Gasteiger partial charge in [0.15, 0.2) is 0 Å². The lowest BCUT2D eigenvalue weighted by molar-refractivity contribution is -0.152. The number of hydrogen-bond acceptors (Lipinski definition) is 3. The number of amides is 1. The van der Waals surface area contributed by atoms with Gasteiger partial charge in [0.2, 0.25) is 5.91 Å². The highest BCUT2D eigenvalue weighted by molar-refractivity contribution is 5.84. The van der Waals surface area contributed by atoms with Crippen LogP contribution in [0.15, 0.2) is 0 Å². The molecule has 0 radical (unpaired) electrons. The molecule has 1 aliphatic rings. The van der Waals surface area contributed by atoms with Crippen LogP contribution in [0.25, 0.3) is 0 Å². The van der Waals surface area contributed by atoms with Gasteiger partial charge in [0.25, 0.3) is 0 Å². The van der Waals surface area contributed by atoms with E-state index in [2.05, 4.69) is 18.7 Å². The molecule has 1 heterocycles. The fourth-order valence-corrected chi connectivity index (χ4v) is 2.26. The minimum Gasteiger partial charge on any atom is -0.481 e. The topological polar surface area (TPSA) is 60.9 Å². The third kappa shape index (κ3) is 3.45. The van der Waals surface area contributed by atoms with Crippen LogP contribution in [0.1, 0.15) is 34.1 Å². The Bertz CT molecular complexity index is 328. The van der Waals surface area contributed by atoms with Crippen molar-refractivity contribution in [3.8, 4) is 0 Å². The van der Waals surface area contributed by atoms with Crippen molar-refractivity contribution in [1.29, 1.82) is 0 Å².